The molecule has 1 aliphatic rings. The fourth-order valence-corrected chi connectivity index (χ4v) is 3.41. The minimum atomic E-state index is 1.00. The highest BCUT2D eigenvalue weighted by atomic mass is 32.2. The monoisotopic (exact) mass is 265 g/mol. The third kappa shape index (κ3) is 3.71. The Bertz CT molecular complexity index is 384. The molecule has 3 heteroatoms. The quantitative estimate of drug-likeness (QED) is 0.744. The van der Waals surface area contributed by atoms with Crippen LogP contribution in [0.15, 0.2) is 24.3 Å². The number of nitrogens with zero attached hydrogens (tertiary/aromatic N) is 1. The standard InChI is InChI=1S/C14H19NS2/c1-12-7-3-4-8-13(12)11-17-14(16)15-9-5-2-6-10-15/h3-4,7-8H,2,5-6,9-11H2,1H3. The first-order valence-corrected chi connectivity index (χ1v) is 7.63. The van der Waals surface area contributed by atoms with Crippen molar-refractivity contribution in [1.29, 1.82) is 0 Å². The zero-order valence-electron chi connectivity index (χ0n) is 10.3. The predicted octanol–water partition coefficient (Wildman–Crippen LogP) is 4.00. The van der Waals surface area contributed by atoms with Crippen LogP contribution in [0.25, 0.3) is 0 Å². The van der Waals surface area contributed by atoms with Crippen LogP contribution in [-0.4, -0.2) is 22.3 Å². The molecule has 17 heavy (non-hydrogen) atoms. The van der Waals surface area contributed by atoms with E-state index in [-0.39, 0.29) is 0 Å². The van der Waals surface area contributed by atoms with Crippen LogP contribution < -0.4 is 0 Å². The molecule has 0 aromatic heterocycles. The summed E-state index contributed by atoms with van der Waals surface area (Å²) >= 11 is 7.31. The van der Waals surface area contributed by atoms with E-state index in [1.54, 1.807) is 0 Å². The van der Waals surface area contributed by atoms with Gasteiger partial charge in [0.25, 0.3) is 0 Å². The molecule has 0 N–H and O–H groups in total. The summed E-state index contributed by atoms with van der Waals surface area (Å²) < 4.78 is 1.08. The van der Waals surface area contributed by atoms with Crippen LogP contribution in [0.4, 0.5) is 0 Å². The minimum Gasteiger partial charge on any atom is -0.358 e. The third-order valence-corrected chi connectivity index (χ3v) is 4.80. The van der Waals surface area contributed by atoms with Gasteiger partial charge in [-0.15, -0.1) is 0 Å². The van der Waals surface area contributed by atoms with E-state index in [1.807, 2.05) is 11.8 Å². The van der Waals surface area contributed by atoms with Crippen LogP contribution in [-0.2, 0) is 5.75 Å². The van der Waals surface area contributed by atoms with Gasteiger partial charge in [0.15, 0.2) is 0 Å². The van der Waals surface area contributed by atoms with E-state index in [9.17, 15) is 0 Å². The Morgan fingerprint density at radius 2 is 1.94 bits per heavy atom. The van der Waals surface area contributed by atoms with Gasteiger partial charge in [0.1, 0.15) is 4.32 Å². The molecule has 1 nitrogen and oxygen atoms in total. The highest BCUT2D eigenvalue weighted by Gasteiger charge is 2.13. The van der Waals surface area contributed by atoms with Crippen LogP contribution >= 0.6 is 24.0 Å². The smallest absolute Gasteiger partial charge is 0.136 e. The maximum Gasteiger partial charge on any atom is 0.136 e. The number of thiocarbonyl (C=S) groups is 1. The zero-order chi connectivity index (χ0) is 12.1. The van der Waals surface area contributed by atoms with Crippen LogP contribution in [0.3, 0.4) is 0 Å². The Balaban J connectivity index is 1.85. The first-order chi connectivity index (χ1) is 8.27. The SMILES string of the molecule is Cc1ccccc1CSC(=S)N1CCCCC1. The molecule has 92 valence electrons. The third-order valence-electron chi connectivity index (χ3n) is 3.23. The van der Waals surface area contributed by atoms with Crippen molar-refractivity contribution in [2.75, 3.05) is 13.1 Å². The van der Waals surface area contributed by atoms with Gasteiger partial charge in [-0.3, -0.25) is 0 Å². The van der Waals surface area contributed by atoms with E-state index < -0.39 is 0 Å². The number of rotatable bonds is 2. The van der Waals surface area contributed by atoms with E-state index in [0.29, 0.717) is 0 Å². The van der Waals surface area contributed by atoms with Crippen LogP contribution in [0.5, 0.6) is 0 Å². The molecule has 2 rings (SSSR count). The van der Waals surface area contributed by atoms with E-state index in [0.717, 1.165) is 23.2 Å². The van der Waals surface area contributed by atoms with Gasteiger partial charge in [0, 0.05) is 18.8 Å². The maximum atomic E-state index is 5.51. The topological polar surface area (TPSA) is 3.24 Å². The lowest BCUT2D eigenvalue weighted by Crippen LogP contribution is -2.32. The second-order valence-electron chi connectivity index (χ2n) is 4.53. The zero-order valence-corrected chi connectivity index (χ0v) is 11.9. The Hall–Kier alpha value is -0.540. The van der Waals surface area contributed by atoms with E-state index in [1.165, 1.54) is 30.4 Å². The van der Waals surface area contributed by atoms with Gasteiger partial charge < -0.3 is 4.90 Å². The molecule has 1 heterocycles. The Labute approximate surface area is 114 Å². The van der Waals surface area contributed by atoms with Gasteiger partial charge in [0.05, 0.1) is 0 Å². The van der Waals surface area contributed by atoms with E-state index in [4.69, 9.17) is 12.2 Å². The number of piperidine rings is 1. The molecule has 0 atom stereocenters. The molecular weight excluding hydrogens is 246 g/mol. The molecule has 0 radical (unpaired) electrons. The van der Waals surface area contributed by atoms with Crippen molar-refractivity contribution in [3.63, 3.8) is 0 Å². The predicted molar refractivity (Wildman–Crippen MR) is 80.5 cm³/mol. The summed E-state index contributed by atoms with van der Waals surface area (Å²) in [6, 6.07) is 8.56. The van der Waals surface area contributed by atoms with Crippen molar-refractivity contribution < 1.29 is 0 Å². The van der Waals surface area contributed by atoms with E-state index in [2.05, 4.69) is 36.1 Å². The summed E-state index contributed by atoms with van der Waals surface area (Å²) in [5.74, 6) is 1.00. The average Bonchev–Trinajstić information content (AvgIpc) is 2.38. The van der Waals surface area contributed by atoms with Crippen molar-refractivity contribution in [2.45, 2.75) is 31.9 Å². The number of benzene rings is 1. The molecule has 1 saturated heterocycles. The molecule has 1 aromatic rings. The molecule has 0 saturated carbocycles. The lowest BCUT2D eigenvalue weighted by Gasteiger charge is -2.28. The lowest BCUT2D eigenvalue weighted by atomic mass is 10.1. The molecule has 0 unspecified atom stereocenters. The second kappa shape index (κ2) is 6.41. The molecular formula is C14H19NS2. The Kier molecular flexibility index (Phi) is 4.86. The first-order valence-electron chi connectivity index (χ1n) is 6.23. The average molecular weight is 265 g/mol. The van der Waals surface area contributed by atoms with Crippen molar-refractivity contribution in [1.82, 2.24) is 4.90 Å². The molecule has 1 fully saturated rings. The van der Waals surface area contributed by atoms with Gasteiger partial charge >= 0.3 is 0 Å². The molecule has 1 aromatic carbocycles. The van der Waals surface area contributed by atoms with Gasteiger partial charge in [-0.1, -0.05) is 48.2 Å². The normalized spacial score (nSPS) is 15.9. The number of aryl methyl sites for hydroxylation is 1. The van der Waals surface area contributed by atoms with Crippen LogP contribution in [0.2, 0.25) is 0 Å². The molecule has 0 bridgehead atoms. The number of hydrogen-bond donors (Lipinski definition) is 0. The molecule has 0 spiro atoms. The van der Waals surface area contributed by atoms with Gasteiger partial charge in [-0.2, -0.15) is 0 Å². The highest BCUT2D eigenvalue weighted by Crippen LogP contribution is 2.21. The Morgan fingerprint density at radius 3 is 2.65 bits per heavy atom. The molecule has 0 amide bonds. The number of hydrogen-bond acceptors (Lipinski definition) is 2. The van der Waals surface area contributed by atoms with Gasteiger partial charge in [-0.05, 0) is 37.3 Å². The summed E-state index contributed by atoms with van der Waals surface area (Å²) in [4.78, 5) is 2.36. The van der Waals surface area contributed by atoms with Crippen LogP contribution in [0.1, 0.15) is 30.4 Å². The van der Waals surface area contributed by atoms with Crippen molar-refractivity contribution in [3.05, 3.63) is 35.4 Å². The first kappa shape index (κ1) is 12.9. The van der Waals surface area contributed by atoms with E-state index >= 15 is 0 Å². The maximum absolute atomic E-state index is 5.51. The fraction of sp³-hybridized carbons (Fsp3) is 0.500. The lowest BCUT2D eigenvalue weighted by molar-refractivity contribution is 0.352. The van der Waals surface area contributed by atoms with Crippen LogP contribution in [0, 0.1) is 6.92 Å². The van der Waals surface area contributed by atoms with Crippen molar-refractivity contribution in [3.8, 4) is 0 Å². The second-order valence-corrected chi connectivity index (χ2v) is 6.14. The van der Waals surface area contributed by atoms with Crippen molar-refractivity contribution in [2.24, 2.45) is 0 Å². The number of likely N-dealkylation sites (tertiary alicyclic amines) is 1. The summed E-state index contributed by atoms with van der Waals surface area (Å²) in [5.41, 5.74) is 2.76. The van der Waals surface area contributed by atoms with Gasteiger partial charge in [-0.25, -0.2) is 0 Å². The Morgan fingerprint density at radius 1 is 1.24 bits per heavy atom. The summed E-state index contributed by atoms with van der Waals surface area (Å²) in [6.07, 6.45) is 3.96. The largest absolute Gasteiger partial charge is 0.358 e. The van der Waals surface area contributed by atoms with Gasteiger partial charge in [0.2, 0.25) is 0 Å². The highest BCUT2D eigenvalue weighted by molar-refractivity contribution is 8.22. The number of thioether (sulfide) groups is 1. The summed E-state index contributed by atoms with van der Waals surface area (Å²) in [6.45, 7) is 4.47. The van der Waals surface area contributed by atoms with Crippen molar-refractivity contribution >= 4 is 28.3 Å². The summed E-state index contributed by atoms with van der Waals surface area (Å²) in [7, 11) is 0. The fourth-order valence-electron chi connectivity index (χ4n) is 2.08. The summed E-state index contributed by atoms with van der Waals surface area (Å²) in [5, 5.41) is 0. The minimum absolute atomic E-state index is 1.00. The molecule has 0 aliphatic carbocycles. The molecule has 1 aliphatic heterocycles.